The quantitative estimate of drug-likeness (QED) is 0.181. The van der Waals surface area contributed by atoms with Gasteiger partial charge in [0.2, 0.25) is 0 Å². The van der Waals surface area contributed by atoms with Gasteiger partial charge >= 0.3 is 18.9 Å². The molecule has 0 bridgehead atoms. The van der Waals surface area contributed by atoms with Crippen molar-refractivity contribution in [1.82, 2.24) is 0 Å². The fourth-order valence-electron chi connectivity index (χ4n) is 0. The number of aliphatic hydroxyl groups is 2. The van der Waals surface area contributed by atoms with Gasteiger partial charge in [-0.05, 0) is 12.8 Å². The Kier molecular flexibility index (Phi) is 79.5. The largest absolute Gasteiger partial charge is 1.00 e. The van der Waals surface area contributed by atoms with Gasteiger partial charge in [0.25, 0.3) is 0 Å². The van der Waals surface area contributed by atoms with Gasteiger partial charge in [-0.3, -0.25) is 5.41 Å². The summed E-state index contributed by atoms with van der Waals surface area (Å²) in [6.07, 6.45) is 1.75. The summed E-state index contributed by atoms with van der Waals surface area (Å²) in [7, 11) is 0. The smallest absolute Gasteiger partial charge is 1.00 e. The predicted molar refractivity (Wildman–Crippen MR) is 50.9 cm³/mol. The molecular formula is C7H21ClLiN3O2. The fourth-order valence-corrected chi connectivity index (χ4v) is 0. The summed E-state index contributed by atoms with van der Waals surface area (Å²) in [5.74, 6) is -0.333. The van der Waals surface area contributed by atoms with Crippen LogP contribution >= 0.6 is 0 Å². The van der Waals surface area contributed by atoms with Crippen LogP contribution in [0.25, 0.3) is 0 Å². The molecule has 7 heteroatoms. The first kappa shape index (κ1) is 29.2. The van der Waals surface area contributed by atoms with Crippen LogP contribution in [-0.4, -0.2) is 29.4 Å². The predicted octanol–water partition coefficient (Wildman–Crippen LogP) is -6.38. The summed E-state index contributed by atoms with van der Waals surface area (Å²) in [5.41, 5.74) is 8.94. The molecule has 0 fully saturated rings. The molecule has 0 aromatic carbocycles. The van der Waals surface area contributed by atoms with E-state index in [1.807, 2.05) is 13.8 Å². The minimum absolute atomic E-state index is 0. The Morgan fingerprint density at radius 2 is 1.14 bits per heavy atom. The van der Waals surface area contributed by atoms with Crippen molar-refractivity contribution in [1.29, 1.82) is 5.41 Å². The molecule has 0 aliphatic carbocycles. The Bertz CT molecular complexity index is 77.3. The van der Waals surface area contributed by atoms with Gasteiger partial charge < -0.3 is 34.1 Å². The average molecular weight is 222 g/mol. The topological polar surface area (TPSA) is 116 Å². The second-order valence-electron chi connectivity index (χ2n) is 1.90. The third-order valence-corrected chi connectivity index (χ3v) is 0.447. The minimum atomic E-state index is -0.333. The van der Waals surface area contributed by atoms with Crippen LogP contribution in [0, 0.1) is 5.41 Å². The van der Waals surface area contributed by atoms with E-state index in [0.29, 0.717) is 13.2 Å². The van der Waals surface area contributed by atoms with E-state index in [2.05, 4.69) is 11.5 Å². The van der Waals surface area contributed by atoms with Crippen LogP contribution < -0.4 is 42.7 Å². The van der Waals surface area contributed by atoms with Crippen molar-refractivity contribution >= 4 is 5.96 Å². The van der Waals surface area contributed by atoms with Gasteiger partial charge in [-0.1, -0.05) is 13.8 Å². The molecule has 0 saturated carbocycles. The standard InChI is InChI=1S/2C3H8O.CH5N3.ClH.Li/c2*1-2-3-4;2-1(3)4;;/h2*4H,2-3H2,1H3;(H5,2,3,4);1H;/q;;;;+1/p-1. The second-order valence-corrected chi connectivity index (χ2v) is 1.90. The van der Waals surface area contributed by atoms with Gasteiger partial charge in [0.15, 0.2) is 5.96 Å². The Hall–Kier alpha value is 0.0774. The van der Waals surface area contributed by atoms with Crippen LogP contribution in [0.1, 0.15) is 26.7 Å². The number of nitrogens with one attached hydrogen (secondary N) is 1. The molecule has 0 radical (unpaired) electrons. The number of nitrogens with two attached hydrogens (primary N) is 2. The van der Waals surface area contributed by atoms with Gasteiger partial charge in [0.1, 0.15) is 0 Å². The van der Waals surface area contributed by atoms with E-state index in [1.165, 1.54) is 0 Å². The molecular weight excluding hydrogens is 200 g/mol. The summed E-state index contributed by atoms with van der Waals surface area (Å²) in [6, 6.07) is 0. The van der Waals surface area contributed by atoms with Gasteiger partial charge in [0.05, 0.1) is 0 Å². The van der Waals surface area contributed by atoms with Crippen molar-refractivity contribution < 1.29 is 41.5 Å². The Labute approximate surface area is 104 Å². The van der Waals surface area contributed by atoms with Crippen LogP contribution in [0.5, 0.6) is 0 Å². The molecule has 0 rings (SSSR count). The van der Waals surface area contributed by atoms with E-state index >= 15 is 0 Å². The van der Waals surface area contributed by atoms with Crippen molar-refractivity contribution in [3.63, 3.8) is 0 Å². The van der Waals surface area contributed by atoms with Crippen molar-refractivity contribution in [2.24, 2.45) is 11.5 Å². The molecule has 0 atom stereocenters. The third kappa shape index (κ3) is 343. The molecule has 0 heterocycles. The molecule has 0 saturated heterocycles. The maximum Gasteiger partial charge on any atom is 1.00 e. The van der Waals surface area contributed by atoms with E-state index in [9.17, 15) is 0 Å². The van der Waals surface area contributed by atoms with E-state index in [1.54, 1.807) is 0 Å². The molecule has 84 valence electrons. The average Bonchev–Trinajstić information content (AvgIpc) is 2.03. The monoisotopic (exact) mass is 221 g/mol. The first-order valence-corrected chi connectivity index (χ1v) is 3.87. The van der Waals surface area contributed by atoms with E-state index in [-0.39, 0.29) is 37.2 Å². The summed E-state index contributed by atoms with van der Waals surface area (Å²) in [5, 5.41) is 21.8. The van der Waals surface area contributed by atoms with E-state index in [4.69, 9.17) is 15.6 Å². The first-order chi connectivity index (χ1) is 5.56. The summed E-state index contributed by atoms with van der Waals surface area (Å²) in [6.45, 7) is 4.50. The van der Waals surface area contributed by atoms with Crippen molar-refractivity contribution in [3.05, 3.63) is 0 Å². The zero-order valence-electron chi connectivity index (χ0n) is 9.26. The zero-order chi connectivity index (χ0) is 10.4. The van der Waals surface area contributed by atoms with Crippen molar-refractivity contribution in [2.75, 3.05) is 13.2 Å². The van der Waals surface area contributed by atoms with Gasteiger partial charge in [-0.2, -0.15) is 0 Å². The molecule has 0 amide bonds. The number of halogens is 1. The zero-order valence-corrected chi connectivity index (χ0v) is 10.0. The van der Waals surface area contributed by atoms with E-state index < -0.39 is 0 Å². The van der Waals surface area contributed by atoms with Crippen molar-refractivity contribution in [2.45, 2.75) is 26.7 Å². The maximum atomic E-state index is 7.88. The molecule has 0 aromatic rings. The molecule has 0 aliphatic rings. The number of guanidine groups is 1. The number of rotatable bonds is 2. The maximum absolute atomic E-state index is 7.88. The SMILES string of the molecule is CCCO.CCCO.N=C(N)N.[Cl-].[Li+]. The summed E-state index contributed by atoms with van der Waals surface area (Å²) in [4.78, 5) is 0. The van der Waals surface area contributed by atoms with Gasteiger partial charge in [-0.25, -0.2) is 0 Å². The molecule has 0 spiro atoms. The Morgan fingerprint density at radius 1 is 1.07 bits per heavy atom. The molecule has 0 aromatic heterocycles. The second kappa shape index (κ2) is 38.1. The minimum Gasteiger partial charge on any atom is -1.00 e. The van der Waals surface area contributed by atoms with Gasteiger partial charge in [0, 0.05) is 13.2 Å². The van der Waals surface area contributed by atoms with Crippen molar-refractivity contribution in [3.8, 4) is 0 Å². The molecule has 7 N–H and O–H groups in total. The first-order valence-electron chi connectivity index (χ1n) is 3.87. The van der Waals surface area contributed by atoms with Crippen LogP contribution in [0.4, 0.5) is 0 Å². The molecule has 14 heavy (non-hydrogen) atoms. The fraction of sp³-hybridized carbons (Fsp3) is 0.857. The van der Waals surface area contributed by atoms with Crippen LogP contribution in [0.3, 0.4) is 0 Å². The number of aliphatic hydroxyl groups excluding tert-OH is 2. The molecule has 0 aliphatic heterocycles. The third-order valence-electron chi connectivity index (χ3n) is 0.447. The van der Waals surface area contributed by atoms with E-state index in [0.717, 1.165) is 12.8 Å². The Morgan fingerprint density at radius 3 is 1.14 bits per heavy atom. The van der Waals surface area contributed by atoms with Gasteiger partial charge in [-0.15, -0.1) is 0 Å². The van der Waals surface area contributed by atoms with Crippen LogP contribution in [0.2, 0.25) is 0 Å². The number of hydrogen-bond acceptors (Lipinski definition) is 3. The molecule has 5 nitrogen and oxygen atoms in total. The normalized spacial score (nSPS) is 6.00. The van der Waals surface area contributed by atoms with Crippen LogP contribution in [-0.2, 0) is 0 Å². The number of hydrogen-bond donors (Lipinski definition) is 5. The Balaban J connectivity index is -0.0000000270. The van der Waals surface area contributed by atoms with Crippen LogP contribution in [0.15, 0.2) is 0 Å². The summed E-state index contributed by atoms with van der Waals surface area (Å²) < 4.78 is 0. The summed E-state index contributed by atoms with van der Waals surface area (Å²) >= 11 is 0. The molecule has 0 unspecified atom stereocenters.